The van der Waals surface area contributed by atoms with E-state index in [1.54, 1.807) is 30.3 Å². The van der Waals surface area contributed by atoms with Crippen molar-refractivity contribution in [3.05, 3.63) is 54.1 Å². The Labute approximate surface area is 137 Å². The molecule has 0 aromatic heterocycles. The lowest BCUT2D eigenvalue weighted by molar-refractivity contribution is -0.137. The van der Waals surface area contributed by atoms with Crippen molar-refractivity contribution in [1.29, 1.82) is 0 Å². The predicted molar refractivity (Wildman–Crippen MR) is 87.1 cm³/mol. The fourth-order valence-electron chi connectivity index (χ4n) is 2.55. The molecule has 24 heavy (non-hydrogen) atoms. The van der Waals surface area contributed by atoms with Crippen molar-refractivity contribution in [1.82, 2.24) is 0 Å². The Balaban J connectivity index is 1.69. The van der Waals surface area contributed by atoms with Crippen LogP contribution in [0, 0.1) is 5.92 Å². The van der Waals surface area contributed by atoms with Crippen LogP contribution < -0.4 is 10.6 Å². The number of halogens is 3. The lowest BCUT2D eigenvalue weighted by Gasteiger charge is -2.24. The summed E-state index contributed by atoms with van der Waals surface area (Å²) in [4.78, 5) is 11.9. The van der Waals surface area contributed by atoms with Crippen LogP contribution in [0.1, 0.15) is 24.8 Å². The Bertz CT molecular complexity index is 722. The molecule has 0 radical (unpaired) electrons. The molecule has 126 valence electrons. The fraction of sp³-hybridized carbons (Fsp3) is 0.278. The number of nitrogens with one attached hydrogen (secondary N) is 2. The highest BCUT2D eigenvalue weighted by atomic mass is 19.4. The second kappa shape index (κ2) is 6.55. The van der Waals surface area contributed by atoms with E-state index in [1.165, 1.54) is 12.1 Å². The fourth-order valence-corrected chi connectivity index (χ4v) is 2.55. The van der Waals surface area contributed by atoms with Gasteiger partial charge in [-0.3, -0.25) is 4.79 Å². The molecular weight excluding hydrogens is 317 g/mol. The van der Waals surface area contributed by atoms with E-state index in [-0.39, 0.29) is 17.5 Å². The molecule has 6 heteroatoms. The van der Waals surface area contributed by atoms with Gasteiger partial charge in [-0.2, -0.15) is 13.2 Å². The second-order valence-corrected chi connectivity index (χ2v) is 5.86. The zero-order valence-corrected chi connectivity index (χ0v) is 12.9. The average Bonchev–Trinajstić information content (AvgIpc) is 2.47. The van der Waals surface area contributed by atoms with Crippen molar-refractivity contribution in [3.8, 4) is 0 Å². The molecule has 3 nitrogen and oxygen atoms in total. The van der Waals surface area contributed by atoms with Crippen molar-refractivity contribution in [2.24, 2.45) is 5.92 Å². The van der Waals surface area contributed by atoms with E-state index in [2.05, 4.69) is 10.6 Å². The molecule has 2 aromatic carbocycles. The highest BCUT2D eigenvalue weighted by molar-refractivity contribution is 5.93. The maximum Gasteiger partial charge on any atom is 0.418 e. The van der Waals surface area contributed by atoms with Crippen LogP contribution in [0.4, 0.5) is 30.2 Å². The summed E-state index contributed by atoms with van der Waals surface area (Å²) in [6.07, 6.45) is -1.50. The number of para-hydroxylation sites is 1. The minimum absolute atomic E-state index is 0.00347. The maximum atomic E-state index is 13.0. The lowest BCUT2D eigenvalue weighted by Crippen LogP contribution is -2.27. The molecule has 0 saturated heterocycles. The van der Waals surface area contributed by atoms with Gasteiger partial charge in [-0.25, -0.2) is 0 Å². The topological polar surface area (TPSA) is 41.1 Å². The molecular formula is C18H17F3N2O. The molecule has 0 spiro atoms. The van der Waals surface area contributed by atoms with Crippen LogP contribution in [0.5, 0.6) is 0 Å². The summed E-state index contributed by atoms with van der Waals surface area (Å²) in [7, 11) is 0. The minimum atomic E-state index is -4.42. The van der Waals surface area contributed by atoms with Gasteiger partial charge < -0.3 is 10.6 Å². The van der Waals surface area contributed by atoms with Gasteiger partial charge in [0.05, 0.1) is 11.3 Å². The first-order valence-electron chi connectivity index (χ1n) is 7.77. The summed E-state index contributed by atoms with van der Waals surface area (Å²) in [5.74, 6) is 0.0887. The van der Waals surface area contributed by atoms with Gasteiger partial charge in [-0.15, -0.1) is 0 Å². The molecule has 1 fully saturated rings. The Morgan fingerprint density at radius 1 is 0.958 bits per heavy atom. The largest absolute Gasteiger partial charge is 0.418 e. The first-order chi connectivity index (χ1) is 11.4. The summed E-state index contributed by atoms with van der Waals surface area (Å²) < 4.78 is 39.0. The normalized spacial score (nSPS) is 14.8. The predicted octanol–water partition coefficient (Wildman–Crippen LogP) is 5.19. The van der Waals surface area contributed by atoms with E-state index in [9.17, 15) is 18.0 Å². The molecule has 0 unspecified atom stereocenters. The van der Waals surface area contributed by atoms with Gasteiger partial charge in [0.1, 0.15) is 0 Å². The second-order valence-electron chi connectivity index (χ2n) is 5.86. The third-order valence-electron chi connectivity index (χ3n) is 4.14. The van der Waals surface area contributed by atoms with Gasteiger partial charge in [-0.1, -0.05) is 18.6 Å². The number of amides is 1. The number of carbonyl (C=O) groups is 1. The number of hydrogen-bond acceptors (Lipinski definition) is 2. The highest BCUT2D eigenvalue weighted by Gasteiger charge is 2.33. The summed E-state index contributed by atoms with van der Waals surface area (Å²) in [6, 6.07) is 12.0. The molecule has 0 bridgehead atoms. The van der Waals surface area contributed by atoms with E-state index in [4.69, 9.17) is 0 Å². The van der Waals surface area contributed by atoms with Crippen molar-refractivity contribution < 1.29 is 18.0 Å². The van der Waals surface area contributed by atoms with Gasteiger partial charge in [0, 0.05) is 17.3 Å². The number of anilines is 3. The molecule has 2 aromatic rings. The Hall–Kier alpha value is -2.50. The molecule has 3 rings (SSSR count). The number of hydrogen-bond donors (Lipinski definition) is 2. The molecule has 0 atom stereocenters. The van der Waals surface area contributed by atoms with Crippen LogP contribution in [0.2, 0.25) is 0 Å². The number of alkyl halides is 3. The first kappa shape index (κ1) is 16.4. The first-order valence-corrected chi connectivity index (χ1v) is 7.77. The summed E-state index contributed by atoms with van der Waals surface area (Å²) in [5.41, 5.74) is 0.443. The molecule has 1 saturated carbocycles. The van der Waals surface area contributed by atoms with E-state index in [0.717, 1.165) is 25.3 Å². The third-order valence-corrected chi connectivity index (χ3v) is 4.14. The minimum Gasteiger partial charge on any atom is -0.355 e. The Morgan fingerprint density at radius 3 is 2.17 bits per heavy atom. The summed E-state index contributed by atoms with van der Waals surface area (Å²) >= 11 is 0. The summed E-state index contributed by atoms with van der Waals surface area (Å²) in [6.45, 7) is 0. The average molecular weight is 334 g/mol. The van der Waals surface area contributed by atoms with E-state index < -0.39 is 11.7 Å². The smallest absolute Gasteiger partial charge is 0.355 e. The lowest BCUT2D eigenvalue weighted by atomic mass is 9.85. The van der Waals surface area contributed by atoms with Gasteiger partial charge in [0.2, 0.25) is 5.91 Å². The zero-order chi connectivity index (χ0) is 17.2. The van der Waals surface area contributed by atoms with Crippen LogP contribution in [0.25, 0.3) is 0 Å². The van der Waals surface area contributed by atoms with Crippen LogP contribution in [0.15, 0.2) is 48.5 Å². The van der Waals surface area contributed by atoms with Gasteiger partial charge >= 0.3 is 6.18 Å². The zero-order valence-electron chi connectivity index (χ0n) is 12.9. The van der Waals surface area contributed by atoms with Gasteiger partial charge in [0.15, 0.2) is 0 Å². The van der Waals surface area contributed by atoms with Crippen molar-refractivity contribution in [2.75, 3.05) is 10.6 Å². The number of carbonyl (C=O) groups excluding carboxylic acids is 1. The van der Waals surface area contributed by atoms with Crippen molar-refractivity contribution in [2.45, 2.75) is 25.4 Å². The molecule has 1 amide bonds. The highest BCUT2D eigenvalue weighted by Crippen LogP contribution is 2.36. The van der Waals surface area contributed by atoms with E-state index in [0.29, 0.717) is 11.4 Å². The van der Waals surface area contributed by atoms with Gasteiger partial charge in [0.25, 0.3) is 0 Å². The molecule has 2 N–H and O–H groups in total. The number of rotatable bonds is 4. The maximum absolute atomic E-state index is 13.0. The standard InChI is InChI=1S/C18H17F3N2O/c19-18(20,21)15-6-1-2-7-16(15)22-13-8-10-14(11-9-13)23-17(24)12-4-3-5-12/h1-2,6-12,22H,3-5H2,(H,23,24). The monoisotopic (exact) mass is 334 g/mol. The van der Waals surface area contributed by atoms with E-state index in [1.807, 2.05) is 0 Å². The van der Waals surface area contributed by atoms with Crippen LogP contribution in [0.3, 0.4) is 0 Å². The van der Waals surface area contributed by atoms with Crippen LogP contribution >= 0.6 is 0 Å². The third kappa shape index (κ3) is 3.69. The number of benzene rings is 2. The molecule has 0 aliphatic heterocycles. The molecule has 0 heterocycles. The molecule has 1 aliphatic rings. The van der Waals surface area contributed by atoms with Gasteiger partial charge in [-0.05, 0) is 49.2 Å². The quantitative estimate of drug-likeness (QED) is 0.808. The van der Waals surface area contributed by atoms with Crippen LogP contribution in [-0.2, 0) is 11.0 Å². The summed E-state index contributed by atoms with van der Waals surface area (Å²) in [5, 5.41) is 5.60. The van der Waals surface area contributed by atoms with Crippen molar-refractivity contribution in [3.63, 3.8) is 0 Å². The van der Waals surface area contributed by atoms with Crippen molar-refractivity contribution >= 4 is 23.0 Å². The van der Waals surface area contributed by atoms with E-state index >= 15 is 0 Å². The SMILES string of the molecule is O=C(Nc1ccc(Nc2ccccc2C(F)(F)F)cc1)C1CCC1. The Kier molecular flexibility index (Phi) is 4.46. The van der Waals surface area contributed by atoms with Crippen LogP contribution in [-0.4, -0.2) is 5.91 Å². The molecule has 1 aliphatic carbocycles. The Morgan fingerprint density at radius 2 is 1.58 bits per heavy atom.